The molecule has 4 fully saturated rings. The number of sulfonamides is 1. The smallest absolute Gasteiger partial charge is 0.293 e. The van der Waals surface area contributed by atoms with E-state index in [2.05, 4.69) is 9.62 Å². The van der Waals surface area contributed by atoms with Crippen molar-refractivity contribution in [1.82, 2.24) is 4.72 Å². The lowest BCUT2D eigenvalue weighted by Crippen LogP contribution is -2.38. The summed E-state index contributed by atoms with van der Waals surface area (Å²) >= 11 is 0. The first-order valence-electron chi connectivity index (χ1n) is 8.86. The van der Waals surface area contributed by atoms with E-state index in [1.165, 1.54) is 38.4 Å². The number of hydrogen-bond acceptors (Lipinski definition) is 5. The zero-order valence-electron chi connectivity index (χ0n) is 14.2. The molecule has 2 heterocycles. The lowest BCUT2D eigenvalue weighted by atomic mass is 9.68. The van der Waals surface area contributed by atoms with Crippen LogP contribution < -0.4 is 9.62 Å². The Morgan fingerprint density at radius 3 is 2.36 bits per heavy atom. The molecule has 25 heavy (non-hydrogen) atoms. The van der Waals surface area contributed by atoms with Crippen LogP contribution in [0.5, 0.6) is 0 Å². The molecule has 2 unspecified atom stereocenters. The average Bonchev–Trinajstić information content (AvgIpc) is 2.77. The third kappa shape index (κ3) is 2.91. The van der Waals surface area contributed by atoms with Gasteiger partial charge in [-0.05, 0) is 69.0 Å². The maximum atomic E-state index is 12.0. The number of nitrogens with one attached hydrogen (secondary N) is 1. The molecule has 2 atom stereocenters. The number of nitrogens with zero attached hydrogens (tertiary/aromatic N) is 2. The topological polar surface area (TPSA) is 92.6 Å². The van der Waals surface area contributed by atoms with Crippen LogP contribution in [0.1, 0.15) is 32.1 Å². The van der Waals surface area contributed by atoms with E-state index in [-0.39, 0.29) is 10.6 Å². The molecule has 5 rings (SSSR count). The summed E-state index contributed by atoms with van der Waals surface area (Å²) in [6, 6.07) is 4.62. The summed E-state index contributed by atoms with van der Waals surface area (Å²) in [6.45, 7) is 0.844. The van der Waals surface area contributed by atoms with Crippen LogP contribution in [0, 0.1) is 27.9 Å². The number of nitro groups is 1. The fourth-order valence-corrected chi connectivity index (χ4v) is 6.01. The van der Waals surface area contributed by atoms with Gasteiger partial charge in [-0.3, -0.25) is 10.1 Å². The van der Waals surface area contributed by atoms with Crippen molar-refractivity contribution in [2.24, 2.45) is 17.8 Å². The minimum atomic E-state index is -3.70. The summed E-state index contributed by atoms with van der Waals surface area (Å²) in [5.74, 6) is 2.09. The summed E-state index contributed by atoms with van der Waals surface area (Å²) < 4.78 is 26.2. The van der Waals surface area contributed by atoms with Crippen molar-refractivity contribution < 1.29 is 13.3 Å². The predicted molar refractivity (Wildman–Crippen MR) is 94.0 cm³/mol. The highest BCUT2D eigenvalue weighted by atomic mass is 32.2. The number of hydrogen-bond donors (Lipinski definition) is 1. The maximum Gasteiger partial charge on any atom is 0.293 e. The summed E-state index contributed by atoms with van der Waals surface area (Å²) in [5.41, 5.74) is 0.454. The van der Waals surface area contributed by atoms with Gasteiger partial charge >= 0.3 is 0 Å². The van der Waals surface area contributed by atoms with Crippen molar-refractivity contribution in [3.63, 3.8) is 0 Å². The van der Waals surface area contributed by atoms with Gasteiger partial charge in [-0.15, -0.1) is 0 Å². The molecule has 2 aliphatic heterocycles. The molecule has 0 spiro atoms. The lowest BCUT2D eigenvalue weighted by Gasteiger charge is -2.39. The van der Waals surface area contributed by atoms with Crippen LogP contribution in [0.15, 0.2) is 23.1 Å². The summed E-state index contributed by atoms with van der Waals surface area (Å²) in [6.07, 6.45) is 5.96. The highest BCUT2D eigenvalue weighted by molar-refractivity contribution is 7.89. The van der Waals surface area contributed by atoms with Crippen molar-refractivity contribution in [3.8, 4) is 0 Å². The van der Waals surface area contributed by atoms with Gasteiger partial charge in [0, 0.05) is 18.7 Å². The van der Waals surface area contributed by atoms with E-state index in [4.69, 9.17) is 0 Å². The fraction of sp³-hybridized carbons (Fsp3) is 0.647. The van der Waals surface area contributed by atoms with Crippen molar-refractivity contribution in [2.45, 2.75) is 43.0 Å². The second-order valence-electron chi connectivity index (χ2n) is 7.70. The Morgan fingerprint density at radius 1 is 1.12 bits per heavy atom. The number of fused-ring (bicyclic) bond motifs is 1. The zero-order valence-corrected chi connectivity index (χ0v) is 15.0. The molecule has 4 bridgehead atoms. The van der Waals surface area contributed by atoms with Crippen molar-refractivity contribution in [1.29, 1.82) is 0 Å². The van der Waals surface area contributed by atoms with Crippen molar-refractivity contribution >= 4 is 21.4 Å². The van der Waals surface area contributed by atoms with E-state index in [9.17, 15) is 18.5 Å². The Labute approximate surface area is 147 Å². The van der Waals surface area contributed by atoms with Gasteiger partial charge in [0.15, 0.2) is 0 Å². The van der Waals surface area contributed by atoms with Gasteiger partial charge < -0.3 is 4.90 Å². The number of nitro benzene ring substituents is 1. The molecular weight excluding hydrogens is 342 g/mol. The van der Waals surface area contributed by atoms with Gasteiger partial charge in [0.05, 0.1) is 9.82 Å². The van der Waals surface area contributed by atoms with Gasteiger partial charge in [-0.2, -0.15) is 0 Å². The van der Waals surface area contributed by atoms with Crippen LogP contribution in [0.25, 0.3) is 0 Å². The van der Waals surface area contributed by atoms with Gasteiger partial charge in [-0.25, -0.2) is 13.1 Å². The first-order chi connectivity index (χ1) is 11.9. The SMILES string of the molecule is CNS(=O)(=O)c1ccc(N2CC3CC4CC(C3)CC2C4)c([N+](=O)[O-])c1. The van der Waals surface area contributed by atoms with E-state index in [1.54, 1.807) is 6.07 Å². The zero-order chi connectivity index (χ0) is 17.8. The van der Waals surface area contributed by atoms with E-state index in [0.29, 0.717) is 17.6 Å². The third-order valence-corrected chi connectivity index (χ3v) is 7.55. The number of rotatable bonds is 4. The molecular formula is C17H23N3O4S. The average molecular weight is 365 g/mol. The Kier molecular flexibility index (Phi) is 3.99. The van der Waals surface area contributed by atoms with Crippen molar-refractivity contribution in [3.05, 3.63) is 28.3 Å². The Morgan fingerprint density at radius 2 is 1.76 bits per heavy atom. The number of anilines is 1. The van der Waals surface area contributed by atoms with E-state index >= 15 is 0 Å². The highest BCUT2D eigenvalue weighted by Gasteiger charge is 2.44. The quantitative estimate of drug-likeness (QED) is 0.654. The van der Waals surface area contributed by atoms with Crippen LogP contribution in [0.2, 0.25) is 0 Å². The second kappa shape index (κ2) is 5.95. The summed E-state index contributed by atoms with van der Waals surface area (Å²) in [7, 11) is -2.40. The van der Waals surface area contributed by atoms with Crippen LogP contribution >= 0.6 is 0 Å². The first-order valence-corrected chi connectivity index (χ1v) is 10.3. The molecule has 2 saturated carbocycles. The molecule has 4 aliphatic rings. The molecule has 1 aromatic rings. The first kappa shape index (κ1) is 16.8. The molecule has 2 aliphatic carbocycles. The molecule has 8 heteroatoms. The van der Waals surface area contributed by atoms with E-state index in [0.717, 1.165) is 31.2 Å². The monoisotopic (exact) mass is 365 g/mol. The molecule has 7 nitrogen and oxygen atoms in total. The Bertz CT molecular complexity index is 796. The molecule has 0 amide bonds. The van der Waals surface area contributed by atoms with Crippen LogP contribution in [0.4, 0.5) is 11.4 Å². The molecule has 0 radical (unpaired) electrons. The fourth-order valence-electron chi connectivity index (χ4n) is 5.26. The Balaban J connectivity index is 1.76. The largest absolute Gasteiger partial charge is 0.363 e. The molecule has 0 aromatic heterocycles. The van der Waals surface area contributed by atoms with Gasteiger partial charge in [-0.1, -0.05) is 0 Å². The predicted octanol–water partition coefficient (Wildman–Crippen LogP) is 2.52. The summed E-state index contributed by atoms with van der Waals surface area (Å²) in [4.78, 5) is 13.3. The van der Waals surface area contributed by atoms with E-state index in [1.807, 2.05) is 0 Å². The lowest BCUT2D eigenvalue weighted by molar-refractivity contribution is -0.384. The molecule has 1 aromatic carbocycles. The standard InChI is InChI=1S/C17H23N3O4S/c1-18-25(23,24)15-2-3-16(17(9-15)20(21)22)19-10-13-5-11-4-12(6-13)8-14(19)7-11/h2-3,9,11-14,18H,4-8,10H2,1H3. The van der Waals surface area contributed by atoms with E-state index < -0.39 is 14.9 Å². The van der Waals surface area contributed by atoms with Gasteiger partial charge in [0.2, 0.25) is 10.0 Å². The second-order valence-corrected chi connectivity index (χ2v) is 9.58. The third-order valence-electron chi connectivity index (χ3n) is 6.14. The van der Waals surface area contributed by atoms with Crippen LogP contribution in [-0.4, -0.2) is 33.0 Å². The normalized spacial score (nSPS) is 31.2. The maximum absolute atomic E-state index is 12.0. The van der Waals surface area contributed by atoms with Gasteiger partial charge in [0.25, 0.3) is 5.69 Å². The minimum absolute atomic E-state index is 0.0638. The number of benzene rings is 1. The van der Waals surface area contributed by atoms with Crippen molar-refractivity contribution in [2.75, 3.05) is 18.5 Å². The summed E-state index contributed by atoms with van der Waals surface area (Å²) in [5, 5.41) is 11.6. The molecule has 136 valence electrons. The minimum Gasteiger partial charge on any atom is -0.363 e. The Hall–Kier alpha value is -1.67. The van der Waals surface area contributed by atoms with Gasteiger partial charge in [0.1, 0.15) is 5.69 Å². The molecule has 1 N–H and O–H groups in total. The van der Waals surface area contributed by atoms with Crippen LogP contribution in [0.3, 0.4) is 0 Å². The van der Waals surface area contributed by atoms with Crippen LogP contribution in [-0.2, 0) is 10.0 Å². The highest BCUT2D eigenvalue weighted by Crippen LogP contribution is 2.49. The molecule has 2 saturated heterocycles.